The number of aromatic amines is 1. The molecule has 5 rings (SSSR count). The first-order chi connectivity index (χ1) is 13.9. The lowest BCUT2D eigenvalue weighted by atomic mass is 10.2. The van der Waals surface area contributed by atoms with E-state index in [0.29, 0.717) is 26.4 Å². The van der Waals surface area contributed by atoms with Gasteiger partial charge < -0.3 is 19.5 Å². The molecule has 1 N–H and O–H groups in total. The lowest BCUT2D eigenvalue weighted by Gasteiger charge is -2.37. The number of guanidine groups is 1. The van der Waals surface area contributed by atoms with E-state index in [1.54, 1.807) is 6.33 Å². The van der Waals surface area contributed by atoms with Crippen molar-refractivity contribution in [3.8, 4) is 0 Å². The number of benzene rings is 1. The molecule has 0 atom stereocenters. The first-order valence-electron chi connectivity index (χ1n) is 9.41. The number of aliphatic imine (C=N–C) groups is 2. The number of fused-ring (bicyclic) bond motifs is 1. The summed E-state index contributed by atoms with van der Waals surface area (Å²) in [4.78, 5) is 26.1. The van der Waals surface area contributed by atoms with E-state index in [0.717, 1.165) is 47.2 Å². The van der Waals surface area contributed by atoms with Crippen molar-refractivity contribution in [1.82, 2.24) is 24.8 Å². The topological polar surface area (TPSA) is 82.0 Å². The molecule has 2 aliphatic heterocycles. The van der Waals surface area contributed by atoms with Crippen LogP contribution >= 0.6 is 0 Å². The second-order valence-electron chi connectivity index (χ2n) is 6.79. The zero-order chi connectivity index (χ0) is 18.8. The highest BCUT2D eigenvalue weighted by Gasteiger charge is 2.25. The summed E-state index contributed by atoms with van der Waals surface area (Å²) >= 11 is 0. The normalized spacial score (nSPS) is 17.6. The number of hydrogen-bond acceptors (Lipinski definition) is 7. The monoisotopic (exact) mass is 375 g/mol. The highest BCUT2D eigenvalue weighted by atomic mass is 16.5. The second kappa shape index (κ2) is 7.40. The Bertz CT molecular complexity index is 1020. The van der Waals surface area contributed by atoms with Gasteiger partial charge in [0.15, 0.2) is 5.84 Å². The molecule has 1 saturated heterocycles. The van der Waals surface area contributed by atoms with Crippen molar-refractivity contribution < 1.29 is 4.74 Å². The van der Waals surface area contributed by atoms with Crippen molar-refractivity contribution in [2.75, 3.05) is 33.0 Å². The van der Waals surface area contributed by atoms with Gasteiger partial charge in [-0.1, -0.05) is 6.07 Å². The molecule has 0 radical (unpaired) electrons. The van der Waals surface area contributed by atoms with Crippen LogP contribution < -0.4 is 0 Å². The van der Waals surface area contributed by atoms with Crippen LogP contribution in [0, 0.1) is 0 Å². The minimum absolute atomic E-state index is 0.542. The van der Waals surface area contributed by atoms with Crippen molar-refractivity contribution in [1.29, 1.82) is 0 Å². The SMILES string of the molecule is c1ccc(CN2CN=C(c3ccc4[nH]cnc4c3)N=C2N2CCOCC2)nc1. The van der Waals surface area contributed by atoms with Crippen LogP contribution in [0.5, 0.6) is 0 Å². The number of nitrogens with one attached hydrogen (secondary N) is 1. The van der Waals surface area contributed by atoms with Crippen LogP contribution in [-0.4, -0.2) is 69.5 Å². The third-order valence-corrected chi connectivity index (χ3v) is 4.93. The Balaban J connectivity index is 1.47. The highest BCUT2D eigenvalue weighted by molar-refractivity contribution is 6.08. The maximum absolute atomic E-state index is 5.53. The molecule has 0 spiro atoms. The third-order valence-electron chi connectivity index (χ3n) is 4.93. The molecule has 0 bridgehead atoms. The van der Waals surface area contributed by atoms with Crippen molar-refractivity contribution in [3.05, 3.63) is 60.2 Å². The van der Waals surface area contributed by atoms with Crippen LogP contribution in [0.15, 0.2) is 58.9 Å². The molecule has 2 aliphatic rings. The summed E-state index contributed by atoms with van der Waals surface area (Å²) in [5, 5.41) is 0. The van der Waals surface area contributed by atoms with Gasteiger partial charge in [0, 0.05) is 24.8 Å². The first kappa shape index (κ1) is 16.9. The maximum Gasteiger partial charge on any atom is 0.205 e. The summed E-state index contributed by atoms with van der Waals surface area (Å²) in [6, 6.07) is 12.0. The van der Waals surface area contributed by atoms with Gasteiger partial charge in [-0.25, -0.2) is 9.98 Å². The number of nitrogens with zero attached hydrogens (tertiary/aromatic N) is 6. The predicted octanol–water partition coefficient (Wildman–Crippen LogP) is 1.87. The maximum atomic E-state index is 5.53. The summed E-state index contributed by atoms with van der Waals surface area (Å²) in [6.07, 6.45) is 3.52. The van der Waals surface area contributed by atoms with Crippen LogP contribution in [-0.2, 0) is 11.3 Å². The summed E-state index contributed by atoms with van der Waals surface area (Å²) in [5.41, 5.74) is 3.90. The predicted molar refractivity (Wildman–Crippen MR) is 107 cm³/mol. The lowest BCUT2D eigenvalue weighted by molar-refractivity contribution is 0.0618. The van der Waals surface area contributed by atoms with Gasteiger partial charge in [0.05, 0.1) is 42.8 Å². The summed E-state index contributed by atoms with van der Waals surface area (Å²) in [7, 11) is 0. The van der Waals surface area contributed by atoms with Crippen molar-refractivity contribution in [2.45, 2.75) is 6.54 Å². The molecule has 2 aromatic heterocycles. The van der Waals surface area contributed by atoms with Gasteiger partial charge in [-0.3, -0.25) is 4.98 Å². The standard InChI is InChI=1S/C20H21N7O/c1-2-6-21-16(3-1)12-27-14-24-19(25-20(27)26-7-9-28-10-8-26)15-4-5-17-18(11-15)23-13-22-17/h1-6,11,13H,7-10,12,14H2,(H,22,23). The zero-order valence-corrected chi connectivity index (χ0v) is 15.5. The molecule has 1 fully saturated rings. The Morgan fingerprint density at radius 2 is 2.00 bits per heavy atom. The number of aromatic nitrogens is 3. The molecule has 0 aliphatic carbocycles. The molecule has 0 unspecified atom stereocenters. The van der Waals surface area contributed by atoms with Crippen LogP contribution in [0.1, 0.15) is 11.3 Å². The lowest BCUT2D eigenvalue weighted by Crippen LogP contribution is -2.50. The molecule has 0 amide bonds. The quantitative estimate of drug-likeness (QED) is 0.756. The summed E-state index contributed by atoms with van der Waals surface area (Å²) in [6.45, 7) is 4.28. The number of ether oxygens (including phenoxy) is 1. The van der Waals surface area contributed by atoms with E-state index in [9.17, 15) is 0 Å². The van der Waals surface area contributed by atoms with Crippen molar-refractivity contribution in [2.24, 2.45) is 9.98 Å². The van der Waals surface area contributed by atoms with Crippen LogP contribution in [0.25, 0.3) is 11.0 Å². The van der Waals surface area contributed by atoms with Crippen LogP contribution in [0.4, 0.5) is 0 Å². The number of hydrogen-bond donors (Lipinski definition) is 1. The molecule has 8 nitrogen and oxygen atoms in total. The van der Waals surface area contributed by atoms with E-state index in [2.05, 4.69) is 24.8 Å². The second-order valence-corrected chi connectivity index (χ2v) is 6.79. The molecule has 8 heteroatoms. The molecule has 4 heterocycles. The van der Waals surface area contributed by atoms with Gasteiger partial charge in [0.1, 0.15) is 6.67 Å². The van der Waals surface area contributed by atoms with Gasteiger partial charge >= 0.3 is 0 Å². The molecular formula is C20H21N7O. The number of amidine groups is 1. The van der Waals surface area contributed by atoms with Crippen LogP contribution in [0.2, 0.25) is 0 Å². The minimum Gasteiger partial charge on any atom is -0.378 e. The number of pyridine rings is 1. The number of morpholine rings is 1. The van der Waals surface area contributed by atoms with E-state index >= 15 is 0 Å². The number of H-pyrrole nitrogens is 1. The fraction of sp³-hybridized carbons (Fsp3) is 0.300. The summed E-state index contributed by atoms with van der Waals surface area (Å²) < 4.78 is 5.53. The van der Waals surface area contributed by atoms with E-state index in [4.69, 9.17) is 14.7 Å². The van der Waals surface area contributed by atoms with E-state index in [1.807, 2.05) is 42.6 Å². The van der Waals surface area contributed by atoms with E-state index in [-0.39, 0.29) is 0 Å². The molecule has 3 aromatic rings. The van der Waals surface area contributed by atoms with E-state index < -0.39 is 0 Å². The van der Waals surface area contributed by atoms with Crippen LogP contribution in [0.3, 0.4) is 0 Å². The molecular weight excluding hydrogens is 354 g/mol. The highest BCUT2D eigenvalue weighted by Crippen LogP contribution is 2.18. The third kappa shape index (κ3) is 3.34. The molecule has 142 valence electrons. The number of imidazole rings is 1. The average molecular weight is 375 g/mol. The summed E-state index contributed by atoms with van der Waals surface area (Å²) in [5.74, 6) is 1.67. The Morgan fingerprint density at radius 1 is 1.07 bits per heavy atom. The Morgan fingerprint density at radius 3 is 2.86 bits per heavy atom. The van der Waals surface area contributed by atoms with E-state index in [1.165, 1.54) is 0 Å². The first-order valence-corrected chi connectivity index (χ1v) is 9.41. The van der Waals surface area contributed by atoms with Gasteiger partial charge in [-0.05, 0) is 30.3 Å². The average Bonchev–Trinajstić information content (AvgIpc) is 3.23. The van der Waals surface area contributed by atoms with Gasteiger partial charge in [-0.2, -0.15) is 4.99 Å². The van der Waals surface area contributed by atoms with Crippen molar-refractivity contribution in [3.63, 3.8) is 0 Å². The fourth-order valence-corrected chi connectivity index (χ4v) is 3.49. The van der Waals surface area contributed by atoms with Gasteiger partial charge in [-0.15, -0.1) is 0 Å². The Kier molecular flexibility index (Phi) is 4.46. The Hall–Kier alpha value is -3.26. The molecule has 28 heavy (non-hydrogen) atoms. The van der Waals surface area contributed by atoms with Gasteiger partial charge in [0.2, 0.25) is 5.96 Å². The van der Waals surface area contributed by atoms with Gasteiger partial charge in [0.25, 0.3) is 0 Å². The minimum atomic E-state index is 0.542. The largest absolute Gasteiger partial charge is 0.378 e. The number of rotatable bonds is 3. The molecule has 0 saturated carbocycles. The van der Waals surface area contributed by atoms with Crippen molar-refractivity contribution >= 4 is 22.8 Å². The zero-order valence-electron chi connectivity index (χ0n) is 15.5. The fourth-order valence-electron chi connectivity index (χ4n) is 3.49. The molecule has 1 aromatic carbocycles. The smallest absolute Gasteiger partial charge is 0.205 e. The Labute approximate surface area is 162 Å².